The van der Waals surface area contributed by atoms with Gasteiger partial charge in [0.1, 0.15) is 0 Å². The first-order valence-electron chi connectivity index (χ1n) is 9.04. The van der Waals surface area contributed by atoms with E-state index < -0.39 is 4.92 Å². The molecule has 2 aliphatic rings. The highest BCUT2D eigenvalue weighted by Crippen LogP contribution is 2.33. The van der Waals surface area contributed by atoms with E-state index >= 15 is 0 Å². The number of benzene rings is 1. The SMILES string of the molecule is COc1cc(N2CCCC(C(=O)N3CCN(C)CC3)C2)ccc1[N+](=O)[O-]. The first-order chi connectivity index (χ1) is 12.5. The fourth-order valence-electron chi connectivity index (χ4n) is 3.71. The van der Waals surface area contributed by atoms with Crippen molar-refractivity contribution >= 4 is 17.3 Å². The highest BCUT2D eigenvalue weighted by atomic mass is 16.6. The van der Waals surface area contributed by atoms with Crippen LogP contribution in [0, 0.1) is 16.0 Å². The van der Waals surface area contributed by atoms with Crippen molar-refractivity contribution in [3.05, 3.63) is 28.3 Å². The quantitative estimate of drug-likeness (QED) is 0.598. The summed E-state index contributed by atoms with van der Waals surface area (Å²) in [6.45, 7) is 4.90. The van der Waals surface area contributed by atoms with Crippen molar-refractivity contribution < 1.29 is 14.5 Å². The molecule has 1 aromatic rings. The van der Waals surface area contributed by atoms with Crippen LogP contribution in [-0.2, 0) is 4.79 Å². The maximum atomic E-state index is 12.9. The van der Waals surface area contributed by atoms with Gasteiger partial charge in [-0.3, -0.25) is 14.9 Å². The molecule has 2 fully saturated rings. The van der Waals surface area contributed by atoms with E-state index in [1.165, 1.54) is 13.2 Å². The third-order valence-electron chi connectivity index (χ3n) is 5.31. The van der Waals surface area contributed by atoms with Gasteiger partial charge in [-0.05, 0) is 26.0 Å². The molecule has 26 heavy (non-hydrogen) atoms. The Balaban J connectivity index is 1.70. The molecule has 142 valence electrons. The van der Waals surface area contributed by atoms with Crippen LogP contribution in [0.5, 0.6) is 5.75 Å². The molecule has 1 atom stereocenters. The molecule has 0 aliphatic carbocycles. The normalized spacial score (nSPS) is 21.5. The minimum atomic E-state index is -0.446. The van der Waals surface area contributed by atoms with Crippen molar-refractivity contribution in [1.29, 1.82) is 0 Å². The average molecular weight is 362 g/mol. The van der Waals surface area contributed by atoms with Crippen molar-refractivity contribution in [2.45, 2.75) is 12.8 Å². The van der Waals surface area contributed by atoms with Gasteiger partial charge in [-0.25, -0.2) is 0 Å². The minimum Gasteiger partial charge on any atom is -0.490 e. The summed E-state index contributed by atoms with van der Waals surface area (Å²) in [7, 11) is 3.51. The molecule has 8 heteroatoms. The molecule has 8 nitrogen and oxygen atoms in total. The highest BCUT2D eigenvalue weighted by Gasteiger charge is 2.31. The van der Waals surface area contributed by atoms with E-state index in [9.17, 15) is 14.9 Å². The molecule has 0 radical (unpaired) electrons. The lowest BCUT2D eigenvalue weighted by Crippen LogP contribution is -2.51. The molecule has 0 aromatic heterocycles. The Morgan fingerprint density at radius 1 is 1.23 bits per heavy atom. The molecule has 2 saturated heterocycles. The van der Waals surface area contributed by atoms with Gasteiger partial charge in [-0.1, -0.05) is 0 Å². The van der Waals surface area contributed by atoms with Gasteiger partial charge < -0.3 is 19.4 Å². The zero-order valence-corrected chi connectivity index (χ0v) is 15.4. The predicted molar refractivity (Wildman–Crippen MR) is 98.7 cm³/mol. The fourth-order valence-corrected chi connectivity index (χ4v) is 3.71. The van der Waals surface area contributed by atoms with Crippen molar-refractivity contribution in [2.24, 2.45) is 5.92 Å². The summed E-state index contributed by atoms with van der Waals surface area (Å²) < 4.78 is 5.17. The highest BCUT2D eigenvalue weighted by molar-refractivity contribution is 5.80. The van der Waals surface area contributed by atoms with Crippen LogP contribution in [0.2, 0.25) is 0 Å². The number of likely N-dealkylation sites (N-methyl/N-ethyl adjacent to an activating group) is 1. The molecular formula is C18H26N4O4. The van der Waals surface area contributed by atoms with Gasteiger partial charge in [0.05, 0.1) is 18.0 Å². The summed E-state index contributed by atoms with van der Waals surface area (Å²) in [6.07, 6.45) is 1.83. The number of methoxy groups -OCH3 is 1. The monoisotopic (exact) mass is 362 g/mol. The Labute approximate surface area is 153 Å². The van der Waals surface area contributed by atoms with Crippen LogP contribution in [0.3, 0.4) is 0 Å². The lowest BCUT2D eigenvalue weighted by molar-refractivity contribution is -0.385. The molecule has 3 rings (SSSR count). The second kappa shape index (κ2) is 7.90. The molecule has 0 N–H and O–H groups in total. The molecule has 2 aliphatic heterocycles. The van der Waals surface area contributed by atoms with Crippen molar-refractivity contribution in [3.63, 3.8) is 0 Å². The fraction of sp³-hybridized carbons (Fsp3) is 0.611. The van der Waals surface area contributed by atoms with E-state index in [4.69, 9.17) is 4.74 Å². The van der Waals surface area contributed by atoms with E-state index in [1.807, 2.05) is 4.90 Å². The van der Waals surface area contributed by atoms with Gasteiger partial charge in [0.2, 0.25) is 5.91 Å². The van der Waals surface area contributed by atoms with Gasteiger partial charge >= 0.3 is 5.69 Å². The molecular weight excluding hydrogens is 336 g/mol. The zero-order valence-electron chi connectivity index (χ0n) is 15.4. The molecule has 1 amide bonds. The number of hydrogen-bond donors (Lipinski definition) is 0. The maximum absolute atomic E-state index is 12.9. The number of piperazine rings is 1. The van der Waals surface area contributed by atoms with Crippen LogP contribution in [-0.4, -0.2) is 74.1 Å². The van der Waals surface area contributed by atoms with Gasteiger partial charge in [-0.15, -0.1) is 0 Å². The number of amides is 1. The van der Waals surface area contributed by atoms with E-state index in [0.717, 1.165) is 51.3 Å². The number of nitro benzene ring substituents is 1. The molecule has 1 unspecified atom stereocenters. The largest absolute Gasteiger partial charge is 0.490 e. The second-order valence-electron chi connectivity index (χ2n) is 7.03. The molecule has 2 heterocycles. The Morgan fingerprint density at radius 3 is 2.62 bits per heavy atom. The van der Waals surface area contributed by atoms with E-state index in [2.05, 4.69) is 16.8 Å². The van der Waals surface area contributed by atoms with Gasteiger partial charge in [-0.2, -0.15) is 0 Å². The molecule has 0 saturated carbocycles. The number of nitro groups is 1. The Hall–Kier alpha value is -2.35. The number of anilines is 1. The summed E-state index contributed by atoms with van der Waals surface area (Å²) in [5.41, 5.74) is 0.821. The van der Waals surface area contributed by atoms with Crippen LogP contribution in [0.4, 0.5) is 11.4 Å². The number of rotatable bonds is 4. The number of piperidine rings is 1. The smallest absolute Gasteiger partial charge is 0.311 e. The Kier molecular flexibility index (Phi) is 5.61. The third-order valence-corrected chi connectivity index (χ3v) is 5.31. The van der Waals surface area contributed by atoms with Gasteiger partial charge in [0, 0.05) is 57.1 Å². The number of ether oxygens (including phenoxy) is 1. The van der Waals surface area contributed by atoms with Gasteiger partial charge in [0.25, 0.3) is 0 Å². The number of nitrogens with zero attached hydrogens (tertiary/aromatic N) is 4. The average Bonchev–Trinajstić information content (AvgIpc) is 2.67. The maximum Gasteiger partial charge on any atom is 0.311 e. The molecule has 1 aromatic carbocycles. The standard InChI is InChI=1S/C18H26N4O4/c1-19-8-10-20(11-9-19)18(23)14-4-3-7-21(13-14)15-5-6-16(22(24)25)17(12-15)26-2/h5-6,12,14H,3-4,7-11,13H2,1-2H3. The van der Waals surface area contributed by atoms with Crippen LogP contribution in [0.25, 0.3) is 0 Å². The predicted octanol–water partition coefficient (Wildman–Crippen LogP) is 1.59. The lowest BCUT2D eigenvalue weighted by Gasteiger charge is -2.38. The molecule has 0 spiro atoms. The summed E-state index contributed by atoms with van der Waals surface area (Å²) in [5.74, 6) is 0.463. The summed E-state index contributed by atoms with van der Waals surface area (Å²) >= 11 is 0. The van der Waals surface area contributed by atoms with E-state index in [0.29, 0.717) is 6.54 Å². The number of hydrogen-bond acceptors (Lipinski definition) is 6. The summed E-state index contributed by atoms with van der Waals surface area (Å²) in [6, 6.07) is 4.91. The van der Waals surface area contributed by atoms with E-state index in [1.54, 1.807) is 12.1 Å². The first kappa shape index (κ1) is 18.4. The van der Waals surface area contributed by atoms with Crippen LogP contribution in [0.15, 0.2) is 18.2 Å². The molecule has 0 bridgehead atoms. The number of carbonyl (C=O) groups is 1. The van der Waals surface area contributed by atoms with Gasteiger partial charge in [0.15, 0.2) is 5.75 Å². The Bertz CT molecular complexity index is 673. The van der Waals surface area contributed by atoms with Crippen LogP contribution in [0.1, 0.15) is 12.8 Å². The van der Waals surface area contributed by atoms with Crippen LogP contribution >= 0.6 is 0 Å². The topological polar surface area (TPSA) is 79.2 Å². The first-order valence-corrected chi connectivity index (χ1v) is 9.04. The third kappa shape index (κ3) is 3.90. The van der Waals surface area contributed by atoms with Crippen molar-refractivity contribution in [3.8, 4) is 5.75 Å². The van der Waals surface area contributed by atoms with Crippen molar-refractivity contribution in [2.75, 3.05) is 58.3 Å². The zero-order chi connectivity index (χ0) is 18.7. The minimum absolute atomic E-state index is 0.0201. The summed E-state index contributed by atoms with van der Waals surface area (Å²) in [5, 5.41) is 11.1. The lowest BCUT2D eigenvalue weighted by atomic mass is 9.95. The van der Waals surface area contributed by atoms with E-state index in [-0.39, 0.29) is 23.3 Å². The second-order valence-corrected chi connectivity index (χ2v) is 7.03. The van der Waals surface area contributed by atoms with Crippen molar-refractivity contribution in [1.82, 2.24) is 9.80 Å². The summed E-state index contributed by atoms with van der Waals surface area (Å²) in [4.78, 5) is 29.8. The Morgan fingerprint density at radius 2 is 1.96 bits per heavy atom. The number of carbonyl (C=O) groups excluding carboxylic acids is 1. The van der Waals surface area contributed by atoms with Crippen LogP contribution < -0.4 is 9.64 Å².